The van der Waals surface area contributed by atoms with Gasteiger partial charge in [0.15, 0.2) is 5.82 Å². The molecule has 0 aliphatic carbocycles. The average Bonchev–Trinajstić information content (AvgIpc) is 2.78. The van der Waals surface area contributed by atoms with Gasteiger partial charge < -0.3 is 10.3 Å². The Morgan fingerprint density at radius 1 is 1.19 bits per heavy atom. The lowest BCUT2D eigenvalue weighted by atomic mass is 10.1. The minimum Gasteiger partial charge on any atom is -0.337 e. The molecule has 0 amide bonds. The van der Waals surface area contributed by atoms with E-state index in [-0.39, 0.29) is 12.0 Å². The average molecular weight is 217 g/mol. The molecule has 0 radical (unpaired) electrons. The third kappa shape index (κ3) is 2.12. The molecular weight excluding hydrogens is 202 g/mol. The molecule has 4 nitrogen and oxygen atoms in total. The van der Waals surface area contributed by atoms with Gasteiger partial charge in [-0.15, -0.1) is 0 Å². The van der Waals surface area contributed by atoms with E-state index in [1.165, 1.54) is 0 Å². The lowest BCUT2D eigenvalue weighted by Crippen LogP contribution is -2.12. The molecule has 1 aromatic carbocycles. The van der Waals surface area contributed by atoms with Crippen molar-refractivity contribution in [3.05, 3.63) is 47.6 Å². The number of hydrogen-bond acceptors (Lipinski definition) is 4. The molecule has 0 aliphatic rings. The minimum atomic E-state index is -0.346. The fourth-order valence-corrected chi connectivity index (χ4v) is 1.41. The van der Waals surface area contributed by atoms with Crippen LogP contribution >= 0.6 is 0 Å². The molecule has 1 atom stereocenters. The van der Waals surface area contributed by atoms with Crippen molar-refractivity contribution in [2.45, 2.75) is 25.8 Å². The van der Waals surface area contributed by atoms with Crippen LogP contribution in [-0.2, 0) is 0 Å². The molecule has 4 heteroatoms. The van der Waals surface area contributed by atoms with Gasteiger partial charge in [-0.05, 0) is 5.56 Å². The molecular formula is C12H15N3O. The van der Waals surface area contributed by atoms with E-state index < -0.39 is 0 Å². The van der Waals surface area contributed by atoms with Gasteiger partial charge in [0, 0.05) is 5.92 Å². The van der Waals surface area contributed by atoms with Crippen LogP contribution in [0.15, 0.2) is 34.9 Å². The molecule has 0 saturated heterocycles. The summed E-state index contributed by atoms with van der Waals surface area (Å²) < 4.78 is 5.16. The van der Waals surface area contributed by atoms with E-state index in [4.69, 9.17) is 10.3 Å². The summed E-state index contributed by atoms with van der Waals surface area (Å²) in [7, 11) is 0. The van der Waals surface area contributed by atoms with E-state index in [1.54, 1.807) is 0 Å². The number of hydrogen-bond donors (Lipinski definition) is 1. The van der Waals surface area contributed by atoms with Crippen LogP contribution < -0.4 is 5.73 Å². The van der Waals surface area contributed by atoms with Gasteiger partial charge in [0.05, 0.1) is 0 Å². The standard InChI is InChI=1S/C12H15N3O/c1-8(2)11-14-12(16-15-11)10(13)9-6-4-3-5-7-9/h3-8,10H,13H2,1-2H3/t10-/m0/s1. The van der Waals surface area contributed by atoms with Gasteiger partial charge >= 0.3 is 0 Å². The highest BCUT2D eigenvalue weighted by Crippen LogP contribution is 2.19. The predicted molar refractivity (Wildman–Crippen MR) is 60.9 cm³/mol. The zero-order valence-corrected chi connectivity index (χ0v) is 9.42. The van der Waals surface area contributed by atoms with E-state index >= 15 is 0 Å². The molecule has 0 fully saturated rings. The van der Waals surface area contributed by atoms with Crippen LogP contribution in [0, 0.1) is 0 Å². The normalized spacial score (nSPS) is 13.0. The largest absolute Gasteiger partial charge is 0.337 e. The van der Waals surface area contributed by atoms with E-state index in [0.29, 0.717) is 11.7 Å². The fourth-order valence-electron chi connectivity index (χ4n) is 1.41. The highest BCUT2D eigenvalue weighted by molar-refractivity contribution is 5.23. The summed E-state index contributed by atoms with van der Waals surface area (Å²) in [6.07, 6.45) is 0. The van der Waals surface area contributed by atoms with Gasteiger partial charge in [-0.25, -0.2) is 0 Å². The second-order valence-electron chi connectivity index (χ2n) is 4.03. The van der Waals surface area contributed by atoms with Crippen molar-refractivity contribution >= 4 is 0 Å². The molecule has 1 heterocycles. The highest BCUT2D eigenvalue weighted by Gasteiger charge is 2.17. The van der Waals surface area contributed by atoms with Crippen molar-refractivity contribution in [3.8, 4) is 0 Å². The molecule has 2 rings (SSSR count). The summed E-state index contributed by atoms with van der Waals surface area (Å²) in [6.45, 7) is 4.03. The molecule has 16 heavy (non-hydrogen) atoms. The Morgan fingerprint density at radius 3 is 2.44 bits per heavy atom. The number of aromatic nitrogens is 2. The quantitative estimate of drug-likeness (QED) is 0.856. The number of nitrogens with zero attached hydrogens (tertiary/aromatic N) is 2. The summed E-state index contributed by atoms with van der Waals surface area (Å²) >= 11 is 0. The molecule has 0 saturated carbocycles. The first-order valence-electron chi connectivity index (χ1n) is 5.32. The zero-order valence-electron chi connectivity index (χ0n) is 9.42. The van der Waals surface area contributed by atoms with Crippen molar-refractivity contribution in [1.29, 1.82) is 0 Å². The SMILES string of the molecule is CC(C)c1noc([C@@H](N)c2ccccc2)n1. The Balaban J connectivity index is 2.24. The van der Waals surface area contributed by atoms with Crippen LogP contribution in [0.3, 0.4) is 0 Å². The molecule has 1 aromatic heterocycles. The van der Waals surface area contributed by atoms with Crippen molar-refractivity contribution in [1.82, 2.24) is 10.1 Å². The first kappa shape index (κ1) is 10.8. The van der Waals surface area contributed by atoms with Crippen LogP contribution in [0.5, 0.6) is 0 Å². The Morgan fingerprint density at radius 2 is 1.88 bits per heavy atom. The Kier molecular flexibility index (Phi) is 3.01. The van der Waals surface area contributed by atoms with E-state index in [9.17, 15) is 0 Å². The van der Waals surface area contributed by atoms with Crippen molar-refractivity contribution in [3.63, 3.8) is 0 Å². The summed E-state index contributed by atoms with van der Waals surface area (Å²) in [5.74, 6) is 1.41. The van der Waals surface area contributed by atoms with Crippen LogP contribution in [0.25, 0.3) is 0 Å². The molecule has 0 unspecified atom stereocenters. The molecule has 0 bridgehead atoms. The van der Waals surface area contributed by atoms with Crippen molar-refractivity contribution in [2.75, 3.05) is 0 Å². The molecule has 2 aromatic rings. The maximum atomic E-state index is 6.03. The predicted octanol–water partition coefficient (Wildman–Crippen LogP) is 2.24. The lowest BCUT2D eigenvalue weighted by molar-refractivity contribution is 0.361. The molecule has 2 N–H and O–H groups in total. The van der Waals surface area contributed by atoms with E-state index in [2.05, 4.69) is 10.1 Å². The second-order valence-corrected chi connectivity index (χ2v) is 4.03. The Bertz CT molecular complexity index is 450. The number of benzene rings is 1. The molecule has 0 aliphatic heterocycles. The smallest absolute Gasteiger partial charge is 0.248 e. The lowest BCUT2D eigenvalue weighted by Gasteiger charge is -2.05. The third-order valence-corrected chi connectivity index (χ3v) is 2.40. The van der Waals surface area contributed by atoms with Crippen LogP contribution in [0.4, 0.5) is 0 Å². The van der Waals surface area contributed by atoms with Crippen LogP contribution in [-0.4, -0.2) is 10.1 Å². The Hall–Kier alpha value is -1.68. The maximum Gasteiger partial charge on any atom is 0.248 e. The van der Waals surface area contributed by atoms with Gasteiger partial charge in [0.2, 0.25) is 5.89 Å². The second kappa shape index (κ2) is 4.45. The summed E-state index contributed by atoms with van der Waals surface area (Å²) in [5, 5.41) is 3.90. The summed E-state index contributed by atoms with van der Waals surface area (Å²) in [4.78, 5) is 4.28. The Labute approximate surface area is 94.5 Å². The van der Waals surface area contributed by atoms with E-state index in [1.807, 2.05) is 44.2 Å². The van der Waals surface area contributed by atoms with Crippen molar-refractivity contribution < 1.29 is 4.52 Å². The number of rotatable bonds is 3. The van der Waals surface area contributed by atoms with Gasteiger partial charge in [0.1, 0.15) is 6.04 Å². The minimum absolute atomic E-state index is 0.250. The molecule has 0 spiro atoms. The topological polar surface area (TPSA) is 64.9 Å². The number of nitrogens with two attached hydrogens (primary N) is 1. The van der Waals surface area contributed by atoms with Gasteiger partial charge in [0.25, 0.3) is 0 Å². The zero-order chi connectivity index (χ0) is 11.5. The van der Waals surface area contributed by atoms with Crippen LogP contribution in [0.1, 0.15) is 43.1 Å². The monoisotopic (exact) mass is 217 g/mol. The highest BCUT2D eigenvalue weighted by atomic mass is 16.5. The first-order valence-corrected chi connectivity index (χ1v) is 5.32. The third-order valence-electron chi connectivity index (χ3n) is 2.40. The molecule has 84 valence electrons. The fraction of sp³-hybridized carbons (Fsp3) is 0.333. The first-order chi connectivity index (χ1) is 7.68. The summed E-state index contributed by atoms with van der Waals surface area (Å²) in [5.41, 5.74) is 7.01. The van der Waals surface area contributed by atoms with Gasteiger partial charge in [-0.1, -0.05) is 49.3 Å². The van der Waals surface area contributed by atoms with Crippen LogP contribution in [0.2, 0.25) is 0 Å². The van der Waals surface area contributed by atoms with Crippen molar-refractivity contribution in [2.24, 2.45) is 5.73 Å². The van der Waals surface area contributed by atoms with Gasteiger partial charge in [-0.3, -0.25) is 0 Å². The summed E-state index contributed by atoms with van der Waals surface area (Å²) in [6, 6.07) is 9.38. The van der Waals surface area contributed by atoms with E-state index in [0.717, 1.165) is 5.56 Å². The maximum absolute atomic E-state index is 6.03. The van der Waals surface area contributed by atoms with Gasteiger partial charge in [-0.2, -0.15) is 4.98 Å².